The largest absolute Gasteiger partial charge is 0.326 e. The Kier molecular flexibility index (Phi) is 6.62. The zero-order valence-corrected chi connectivity index (χ0v) is 15.7. The molecule has 1 saturated heterocycles. The fourth-order valence-corrected chi connectivity index (χ4v) is 3.53. The van der Waals surface area contributed by atoms with Crippen molar-refractivity contribution in [3.63, 3.8) is 0 Å². The molecule has 1 aliphatic rings. The third-order valence-corrected chi connectivity index (χ3v) is 4.75. The normalized spacial score (nSPS) is 17.2. The predicted octanol–water partition coefficient (Wildman–Crippen LogP) is 3.26. The first kappa shape index (κ1) is 19.2. The van der Waals surface area contributed by atoms with Gasteiger partial charge in [-0.1, -0.05) is 34.8 Å². The van der Waals surface area contributed by atoms with Gasteiger partial charge in [-0.15, -0.1) is 0 Å². The summed E-state index contributed by atoms with van der Waals surface area (Å²) in [5.41, 5.74) is 0.179. The lowest BCUT2D eigenvalue weighted by molar-refractivity contribution is -0.130. The molecule has 0 saturated carbocycles. The molecule has 1 aliphatic heterocycles. The first-order chi connectivity index (χ1) is 11.3. The molecule has 0 spiro atoms. The molecule has 6 nitrogen and oxygen atoms in total. The molecule has 1 aromatic rings. The molecule has 10 heteroatoms. The molecule has 1 atom stereocenters. The van der Waals surface area contributed by atoms with Gasteiger partial charge in [-0.3, -0.25) is 14.5 Å². The SMILES string of the molecule is CSCC[C@H]1NC(=O)N(CC(=O)Nc2c(Cl)cc(Cl)cc2Cl)C1=O. The van der Waals surface area contributed by atoms with Crippen LogP contribution in [0.3, 0.4) is 0 Å². The van der Waals surface area contributed by atoms with Crippen LogP contribution < -0.4 is 10.6 Å². The molecule has 0 bridgehead atoms. The Hall–Kier alpha value is -1.15. The number of thioether (sulfide) groups is 1. The Morgan fingerprint density at radius 3 is 2.50 bits per heavy atom. The topological polar surface area (TPSA) is 78.5 Å². The summed E-state index contributed by atoms with van der Waals surface area (Å²) in [5, 5.41) is 5.71. The summed E-state index contributed by atoms with van der Waals surface area (Å²) >= 11 is 19.3. The Balaban J connectivity index is 2.02. The Labute approximate surface area is 158 Å². The Morgan fingerprint density at radius 1 is 1.29 bits per heavy atom. The maximum atomic E-state index is 12.2. The van der Waals surface area contributed by atoms with E-state index in [-0.39, 0.29) is 15.7 Å². The fourth-order valence-electron chi connectivity index (χ4n) is 2.14. The van der Waals surface area contributed by atoms with Crippen molar-refractivity contribution in [2.75, 3.05) is 23.9 Å². The highest BCUT2D eigenvalue weighted by atomic mass is 35.5. The number of hydrogen-bond donors (Lipinski definition) is 2. The molecule has 0 aromatic heterocycles. The van der Waals surface area contributed by atoms with Crippen LogP contribution >= 0.6 is 46.6 Å². The quantitative estimate of drug-likeness (QED) is 0.706. The van der Waals surface area contributed by atoms with Gasteiger partial charge in [0.15, 0.2) is 0 Å². The molecular weight excluding hydrogens is 397 g/mol. The molecule has 1 fully saturated rings. The molecule has 2 rings (SSSR count). The van der Waals surface area contributed by atoms with Crippen molar-refractivity contribution in [2.24, 2.45) is 0 Å². The van der Waals surface area contributed by atoms with E-state index in [9.17, 15) is 14.4 Å². The number of benzene rings is 1. The predicted molar refractivity (Wildman–Crippen MR) is 97.1 cm³/mol. The van der Waals surface area contributed by atoms with E-state index in [2.05, 4.69) is 10.6 Å². The van der Waals surface area contributed by atoms with Gasteiger partial charge in [-0.2, -0.15) is 11.8 Å². The van der Waals surface area contributed by atoms with Gasteiger partial charge in [-0.25, -0.2) is 4.79 Å². The van der Waals surface area contributed by atoms with Gasteiger partial charge in [0.25, 0.3) is 5.91 Å². The third-order valence-electron chi connectivity index (χ3n) is 3.29. The van der Waals surface area contributed by atoms with Crippen LogP contribution in [0.5, 0.6) is 0 Å². The summed E-state index contributed by atoms with van der Waals surface area (Å²) in [5.74, 6) is -0.278. The number of imide groups is 1. The van der Waals surface area contributed by atoms with Gasteiger partial charge >= 0.3 is 6.03 Å². The molecule has 130 valence electrons. The lowest BCUT2D eigenvalue weighted by Gasteiger charge is -2.14. The highest BCUT2D eigenvalue weighted by Gasteiger charge is 2.38. The number of halogens is 3. The Morgan fingerprint density at radius 2 is 1.92 bits per heavy atom. The van der Waals surface area contributed by atoms with E-state index in [0.717, 1.165) is 10.7 Å². The maximum absolute atomic E-state index is 12.2. The zero-order valence-electron chi connectivity index (χ0n) is 12.6. The van der Waals surface area contributed by atoms with Gasteiger partial charge in [-0.05, 0) is 30.6 Å². The molecule has 0 unspecified atom stereocenters. The number of urea groups is 1. The van der Waals surface area contributed by atoms with Gasteiger partial charge in [0.2, 0.25) is 5.91 Å². The van der Waals surface area contributed by atoms with Crippen molar-refractivity contribution in [3.05, 3.63) is 27.2 Å². The van der Waals surface area contributed by atoms with E-state index in [1.807, 2.05) is 6.26 Å². The molecular formula is C14H14Cl3N3O3S. The van der Waals surface area contributed by atoms with E-state index < -0.39 is 30.4 Å². The lowest BCUT2D eigenvalue weighted by Crippen LogP contribution is -2.38. The number of rotatable bonds is 6. The van der Waals surface area contributed by atoms with E-state index >= 15 is 0 Å². The summed E-state index contributed by atoms with van der Waals surface area (Å²) in [4.78, 5) is 37.0. The second-order valence-electron chi connectivity index (χ2n) is 5.00. The number of anilines is 1. The highest BCUT2D eigenvalue weighted by molar-refractivity contribution is 7.98. The van der Waals surface area contributed by atoms with E-state index in [1.165, 1.54) is 12.1 Å². The molecule has 1 aromatic carbocycles. The minimum atomic E-state index is -0.597. The van der Waals surface area contributed by atoms with Crippen molar-refractivity contribution < 1.29 is 14.4 Å². The maximum Gasteiger partial charge on any atom is 0.325 e. The average molecular weight is 411 g/mol. The van der Waals surface area contributed by atoms with Crippen LogP contribution in [0.2, 0.25) is 15.1 Å². The van der Waals surface area contributed by atoms with Crippen LogP contribution in [-0.2, 0) is 9.59 Å². The molecule has 0 radical (unpaired) electrons. The summed E-state index contributed by atoms with van der Waals surface area (Å²) in [7, 11) is 0. The van der Waals surface area contributed by atoms with Crippen molar-refractivity contribution in [3.8, 4) is 0 Å². The third kappa shape index (κ3) is 4.47. The van der Waals surface area contributed by atoms with E-state index in [0.29, 0.717) is 11.4 Å². The minimum Gasteiger partial charge on any atom is -0.326 e. The molecule has 24 heavy (non-hydrogen) atoms. The van der Waals surface area contributed by atoms with Crippen LogP contribution in [0.15, 0.2) is 12.1 Å². The lowest BCUT2D eigenvalue weighted by atomic mass is 10.2. The average Bonchev–Trinajstić information content (AvgIpc) is 2.76. The number of carbonyl (C=O) groups excluding carboxylic acids is 3. The minimum absolute atomic E-state index is 0.163. The highest BCUT2D eigenvalue weighted by Crippen LogP contribution is 2.33. The smallest absolute Gasteiger partial charge is 0.325 e. The second kappa shape index (κ2) is 8.29. The molecule has 4 amide bonds. The van der Waals surface area contributed by atoms with Crippen LogP contribution in [0.25, 0.3) is 0 Å². The monoisotopic (exact) mass is 409 g/mol. The van der Waals surface area contributed by atoms with Gasteiger partial charge in [0.05, 0.1) is 15.7 Å². The summed E-state index contributed by atoms with van der Waals surface area (Å²) < 4.78 is 0. The van der Waals surface area contributed by atoms with Crippen LogP contribution in [0.4, 0.5) is 10.5 Å². The van der Waals surface area contributed by atoms with Crippen LogP contribution in [-0.4, -0.2) is 47.3 Å². The molecule has 1 heterocycles. The first-order valence-electron chi connectivity index (χ1n) is 6.88. The Bertz CT molecular complexity index is 663. The number of nitrogens with zero attached hydrogens (tertiary/aromatic N) is 1. The number of amides is 4. The summed E-state index contributed by atoms with van der Waals surface area (Å²) in [6.45, 7) is -0.421. The van der Waals surface area contributed by atoms with Crippen molar-refractivity contribution in [1.29, 1.82) is 0 Å². The molecule has 0 aliphatic carbocycles. The fraction of sp³-hybridized carbons (Fsp3) is 0.357. The molecule has 2 N–H and O–H groups in total. The number of hydrogen-bond acceptors (Lipinski definition) is 4. The standard InChI is InChI=1S/C14H14Cl3N3O3S/c1-24-3-2-10-13(22)20(14(23)18-10)6-11(21)19-12-8(16)4-7(15)5-9(12)17/h4-5,10H,2-3,6H2,1H3,(H,18,23)(H,19,21)/t10-/m1/s1. The van der Waals surface area contributed by atoms with Crippen molar-refractivity contribution in [1.82, 2.24) is 10.2 Å². The van der Waals surface area contributed by atoms with Gasteiger partial charge in [0.1, 0.15) is 12.6 Å². The summed E-state index contributed by atoms with van der Waals surface area (Å²) in [6.07, 6.45) is 2.42. The van der Waals surface area contributed by atoms with Crippen molar-refractivity contribution >= 4 is 70.1 Å². The summed E-state index contributed by atoms with van der Waals surface area (Å²) in [6, 6.07) is 1.67. The van der Waals surface area contributed by atoms with Crippen molar-refractivity contribution in [2.45, 2.75) is 12.5 Å². The number of carbonyl (C=O) groups is 3. The zero-order chi connectivity index (χ0) is 17.9. The first-order valence-corrected chi connectivity index (χ1v) is 9.41. The van der Waals surface area contributed by atoms with Gasteiger partial charge in [0, 0.05) is 5.02 Å². The number of nitrogens with one attached hydrogen (secondary N) is 2. The van der Waals surface area contributed by atoms with Crippen LogP contribution in [0.1, 0.15) is 6.42 Å². The van der Waals surface area contributed by atoms with Crippen LogP contribution in [0, 0.1) is 0 Å². The second-order valence-corrected chi connectivity index (χ2v) is 7.24. The van der Waals surface area contributed by atoms with E-state index in [4.69, 9.17) is 34.8 Å². The van der Waals surface area contributed by atoms with Gasteiger partial charge < -0.3 is 10.6 Å². The van der Waals surface area contributed by atoms with E-state index in [1.54, 1.807) is 11.8 Å².